The molecule has 0 radical (unpaired) electrons. The van der Waals surface area contributed by atoms with Crippen molar-refractivity contribution in [1.82, 2.24) is 14.7 Å². The van der Waals surface area contributed by atoms with Crippen molar-refractivity contribution >= 4 is 5.91 Å². The van der Waals surface area contributed by atoms with Crippen LogP contribution in [0.2, 0.25) is 0 Å². The largest absolute Gasteiger partial charge is 0.395 e. The zero-order valence-corrected chi connectivity index (χ0v) is 12.5. The number of aliphatic hydroxyl groups excluding tert-OH is 1. The Morgan fingerprint density at radius 2 is 1.85 bits per heavy atom. The van der Waals surface area contributed by atoms with Crippen LogP contribution in [0, 0.1) is 0 Å². The van der Waals surface area contributed by atoms with E-state index in [2.05, 4.69) is 21.6 Å². The third kappa shape index (κ3) is 2.71. The smallest absolute Gasteiger partial charge is 0.240 e. The van der Waals surface area contributed by atoms with Gasteiger partial charge in [0.25, 0.3) is 0 Å². The normalized spacial score (nSPS) is 31.0. The highest BCUT2D eigenvalue weighted by molar-refractivity contribution is 5.84. The van der Waals surface area contributed by atoms with Crippen molar-refractivity contribution in [1.29, 1.82) is 0 Å². The maximum atomic E-state index is 12.4. The third-order valence-electron chi connectivity index (χ3n) is 5.19. The van der Waals surface area contributed by atoms with Crippen LogP contribution >= 0.6 is 0 Å². The Morgan fingerprint density at radius 1 is 1.15 bits per heavy atom. The predicted octanol–water partition coefficient (Wildman–Crippen LogP) is 0.138. The Morgan fingerprint density at radius 3 is 2.40 bits per heavy atom. The topological polar surface area (TPSA) is 47.0 Å². The molecule has 1 saturated carbocycles. The van der Waals surface area contributed by atoms with Gasteiger partial charge in [-0.05, 0) is 25.7 Å². The zero-order chi connectivity index (χ0) is 14.1. The van der Waals surface area contributed by atoms with Gasteiger partial charge in [-0.2, -0.15) is 0 Å². The second-order valence-corrected chi connectivity index (χ2v) is 6.38. The summed E-state index contributed by atoms with van der Waals surface area (Å²) in [6, 6.07) is 0.985. The fraction of sp³-hybridized carbons (Fsp3) is 0.933. The predicted molar refractivity (Wildman–Crippen MR) is 77.5 cm³/mol. The third-order valence-corrected chi connectivity index (χ3v) is 5.19. The molecular formula is C15H27N3O2. The molecule has 0 aromatic carbocycles. The molecule has 1 aliphatic carbocycles. The minimum atomic E-state index is 0.131. The van der Waals surface area contributed by atoms with Gasteiger partial charge in [-0.15, -0.1) is 0 Å². The summed E-state index contributed by atoms with van der Waals surface area (Å²) in [5.41, 5.74) is 0. The van der Waals surface area contributed by atoms with Crippen molar-refractivity contribution < 1.29 is 9.90 Å². The summed E-state index contributed by atoms with van der Waals surface area (Å²) in [5, 5.41) is 9.38. The maximum Gasteiger partial charge on any atom is 0.240 e. The minimum absolute atomic E-state index is 0.131. The average molecular weight is 281 g/mol. The first-order valence-corrected chi connectivity index (χ1v) is 8.14. The molecule has 2 saturated heterocycles. The molecule has 0 aromatic heterocycles. The van der Waals surface area contributed by atoms with Crippen molar-refractivity contribution in [2.24, 2.45) is 0 Å². The summed E-state index contributed by atoms with van der Waals surface area (Å²) < 4.78 is 0. The molecule has 1 amide bonds. The Kier molecular flexibility index (Phi) is 4.29. The zero-order valence-electron chi connectivity index (χ0n) is 12.5. The molecule has 20 heavy (non-hydrogen) atoms. The number of amides is 1. The monoisotopic (exact) mass is 281 g/mol. The highest BCUT2D eigenvalue weighted by Crippen LogP contribution is 2.32. The fourth-order valence-corrected chi connectivity index (χ4v) is 3.69. The highest BCUT2D eigenvalue weighted by atomic mass is 16.3. The lowest BCUT2D eigenvalue weighted by Crippen LogP contribution is -2.55. The highest BCUT2D eigenvalue weighted by Gasteiger charge is 2.43. The molecule has 0 spiro atoms. The average Bonchev–Trinajstić information content (AvgIpc) is 3.24. The number of hydrogen-bond donors (Lipinski definition) is 1. The maximum absolute atomic E-state index is 12.4. The standard InChI is InChI=1S/C15H27N3O2/c1-2-12(11-19)16-7-9-17(10-8-16)14-5-6-18(15(14)20)13-3-4-13/h12-14,19H,2-11H2,1H3. The molecule has 1 N–H and O–H groups in total. The summed E-state index contributed by atoms with van der Waals surface area (Å²) in [4.78, 5) is 19.3. The number of carbonyl (C=O) groups excluding carboxylic acids is 1. The fourth-order valence-electron chi connectivity index (χ4n) is 3.69. The number of hydrogen-bond acceptors (Lipinski definition) is 4. The van der Waals surface area contributed by atoms with E-state index >= 15 is 0 Å². The molecule has 114 valence electrons. The van der Waals surface area contributed by atoms with Gasteiger partial charge in [-0.25, -0.2) is 0 Å². The van der Waals surface area contributed by atoms with E-state index in [1.807, 2.05) is 0 Å². The van der Waals surface area contributed by atoms with E-state index in [-0.39, 0.29) is 12.6 Å². The Bertz CT molecular complexity index is 347. The van der Waals surface area contributed by atoms with E-state index in [1.54, 1.807) is 0 Å². The Labute approximate surface area is 121 Å². The second kappa shape index (κ2) is 6.00. The van der Waals surface area contributed by atoms with Crippen LogP contribution in [-0.2, 0) is 4.79 Å². The molecular weight excluding hydrogens is 254 g/mol. The van der Waals surface area contributed by atoms with Crippen molar-refractivity contribution in [2.45, 2.75) is 50.7 Å². The molecule has 0 bridgehead atoms. The lowest BCUT2D eigenvalue weighted by atomic mass is 10.1. The van der Waals surface area contributed by atoms with Gasteiger partial charge < -0.3 is 10.0 Å². The van der Waals surface area contributed by atoms with E-state index in [1.165, 1.54) is 12.8 Å². The summed E-state index contributed by atoms with van der Waals surface area (Å²) in [6.45, 7) is 7.22. The first kappa shape index (κ1) is 14.3. The lowest BCUT2D eigenvalue weighted by Gasteiger charge is -2.40. The van der Waals surface area contributed by atoms with Crippen LogP contribution in [0.15, 0.2) is 0 Å². The van der Waals surface area contributed by atoms with E-state index in [9.17, 15) is 9.90 Å². The number of carbonyl (C=O) groups is 1. The molecule has 0 aromatic rings. The Balaban J connectivity index is 1.52. The molecule has 5 nitrogen and oxygen atoms in total. The van der Waals surface area contributed by atoms with Crippen LogP contribution < -0.4 is 0 Å². The quantitative estimate of drug-likeness (QED) is 0.779. The van der Waals surface area contributed by atoms with Gasteiger partial charge in [0, 0.05) is 44.8 Å². The van der Waals surface area contributed by atoms with E-state index in [4.69, 9.17) is 0 Å². The number of likely N-dealkylation sites (tertiary alicyclic amines) is 1. The number of aliphatic hydroxyl groups is 1. The van der Waals surface area contributed by atoms with Gasteiger partial charge >= 0.3 is 0 Å². The van der Waals surface area contributed by atoms with Crippen molar-refractivity contribution in [3.05, 3.63) is 0 Å². The van der Waals surface area contributed by atoms with Crippen LogP contribution in [-0.4, -0.2) is 83.2 Å². The van der Waals surface area contributed by atoms with Crippen LogP contribution in [0.3, 0.4) is 0 Å². The van der Waals surface area contributed by atoms with Crippen LogP contribution in [0.4, 0.5) is 0 Å². The summed E-state index contributed by atoms with van der Waals surface area (Å²) in [5.74, 6) is 0.371. The van der Waals surface area contributed by atoms with Gasteiger partial charge in [0.1, 0.15) is 0 Å². The van der Waals surface area contributed by atoms with Gasteiger partial charge in [0.15, 0.2) is 0 Å². The van der Waals surface area contributed by atoms with Gasteiger partial charge in [-0.1, -0.05) is 6.92 Å². The molecule has 5 heteroatoms. The molecule has 2 heterocycles. The SMILES string of the molecule is CCC(CO)N1CCN(C2CCN(C3CC3)C2=O)CC1. The van der Waals surface area contributed by atoms with Crippen LogP contribution in [0.1, 0.15) is 32.6 Å². The van der Waals surface area contributed by atoms with E-state index in [0.29, 0.717) is 18.0 Å². The number of piperazine rings is 1. The molecule has 2 aliphatic heterocycles. The number of nitrogens with zero attached hydrogens (tertiary/aromatic N) is 3. The van der Waals surface area contributed by atoms with Crippen LogP contribution in [0.25, 0.3) is 0 Å². The Hall–Kier alpha value is -0.650. The molecule has 3 aliphatic rings. The summed E-state index contributed by atoms with van der Waals surface area (Å²) in [7, 11) is 0. The van der Waals surface area contributed by atoms with Crippen molar-refractivity contribution in [3.8, 4) is 0 Å². The molecule has 2 atom stereocenters. The first-order chi connectivity index (χ1) is 9.74. The van der Waals surface area contributed by atoms with E-state index in [0.717, 1.165) is 45.6 Å². The van der Waals surface area contributed by atoms with Gasteiger partial charge in [0.2, 0.25) is 5.91 Å². The second-order valence-electron chi connectivity index (χ2n) is 6.38. The first-order valence-electron chi connectivity index (χ1n) is 8.14. The molecule has 2 unspecified atom stereocenters. The van der Waals surface area contributed by atoms with Gasteiger partial charge in [0.05, 0.1) is 12.6 Å². The van der Waals surface area contributed by atoms with Crippen molar-refractivity contribution in [2.75, 3.05) is 39.3 Å². The minimum Gasteiger partial charge on any atom is -0.395 e. The number of rotatable bonds is 5. The lowest BCUT2D eigenvalue weighted by molar-refractivity contribution is -0.133. The van der Waals surface area contributed by atoms with Gasteiger partial charge in [-0.3, -0.25) is 14.6 Å². The summed E-state index contributed by atoms with van der Waals surface area (Å²) in [6.07, 6.45) is 4.42. The summed E-state index contributed by atoms with van der Waals surface area (Å²) >= 11 is 0. The van der Waals surface area contributed by atoms with E-state index < -0.39 is 0 Å². The molecule has 3 fully saturated rings. The van der Waals surface area contributed by atoms with Crippen LogP contribution in [0.5, 0.6) is 0 Å². The van der Waals surface area contributed by atoms with Crippen molar-refractivity contribution in [3.63, 3.8) is 0 Å². The molecule has 3 rings (SSSR count).